The van der Waals surface area contributed by atoms with E-state index in [2.05, 4.69) is 71.2 Å². The minimum Gasteiger partial charge on any atom is -0.343 e. The van der Waals surface area contributed by atoms with Gasteiger partial charge in [-0.05, 0) is 88.7 Å². The van der Waals surface area contributed by atoms with Gasteiger partial charge >= 0.3 is 0 Å². The van der Waals surface area contributed by atoms with E-state index in [0.29, 0.717) is 18.0 Å². The molecule has 196 valence electrons. The van der Waals surface area contributed by atoms with Gasteiger partial charge in [0.2, 0.25) is 5.95 Å². The Kier molecular flexibility index (Phi) is 7.80. The number of hydrogen-bond acceptors (Lipinski definition) is 6. The van der Waals surface area contributed by atoms with E-state index in [0.717, 1.165) is 36.5 Å². The summed E-state index contributed by atoms with van der Waals surface area (Å²) in [6.45, 7) is 11.0. The quantitative estimate of drug-likeness (QED) is 0.427. The molecule has 7 nitrogen and oxygen atoms in total. The summed E-state index contributed by atoms with van der Waals surface area (Å²) >= 11 is 0. The molecule has 0 amide bonds. The number of nitriles is 1. The third kappa shape index (κ3) is 5.24. The molecule has 1 aromatic heterocycles. The Balaban J connectivity index is 1.40. The van der Waals surface area contributed by atoms with Gasteiger partial charge in [-0.3, -0.25) is 9.47 Å². The van der Waals surface area contributed by atoms with Crippen molar-refractivity contribution in [2.75, 3.05) is 25.0 Å². The van der Waals surface area contributed by atoms with E-state index in [1.807, 2.05) is 25.1 Å². The monoisotopic (exact) mass is 500 g/mol. The Morgan fingerprint density at radius 2 is 1.97 bits per heavy atom. The third-order valence-corrected chi connectivity index (χ3v) is 8.46. The number of benzene rings is 2. The summed E-state index contributed by atoms with van der Waals surface area (Å²) in [5.41, 5.74) is 6.13. The molecule has 2 saturated heterocycles. The van der Waals surface area contributed by atoms with Gasteiger partial charge in [0.05, 0.1) is 23.3 Å². The van der Waals surface area contributed by atoms with Crippen LogP contribution in [-0.2, 0) is 4.74 Å². The lowest BCUT2D eigenvalue weighted by Crippen LogP contribution is -2.56. The number of likely N-dealkylation sites (tertiary alicyclic amines) is 1. The van der Waals surface area contributed by atoms with E-state index >= 15 is 0 Å². The first-order chi connectivity index (χ1) is 18.0. The van der Waals surface area contributed by atoms with E-state index in [1.54, 1.807) is 0 Å². The maximum atomic E-state index is 9.06. The lowest BCUT2D eigenvalue weighted by Gasteiger charge is -2.43. The zero-order chi connectivity index (χ0) is 25.9. The van der Waals surface area contributed by atoms with E-state index < -0.39 is 0 Å². The maximum absolute atomic E-state index is 9.06. The van der Waals surface area contributed by atoms with Crippen LogP contribution < -0.4 is 10.6 Å². The summed E-state index contributed by atoms with van der Waals surface area (Å²) in [6.07, 6.45) is 4.54. The predicted octanol–water partition coefficient (Wildman–Crippen LogP) is 5.47. The minimum absolute atomic E-state index is 0.0485. The fraction of sp³-hybridized carbons (Fsp3) is 0.533. The molecule has 2 fully saturated rings. The van der Waals surface area contributed by atoms with Crippen LogP contribution in [0.3, 0.4) is 0 Å². The Bertz CT molecular complexity index is 1260. The van der Waals surface area contributed by atoms with Crippen molar-refractivity contribution in [2.24, 2.45) is 0 Å². The highest BCUT2D eigenvalue weighted by Gasteiger charge is 2.38. The summed E-state index contributed by atoms with van der Waals surface area (Å²) in [6, 6.07) is 18.0. The number of aromatic nitrogens is 2. The first kappa shape index (κ1) is 25.7. The largest absolute Gasteiger partial charge is 0.343 e. The molecule has 0 spiro atoms. The summed E-state index contributed by atoms with van der Waals surface area (Å²) < 4.78 is 7.90. The van der Waals surface area contributed by atoms with Crippen LogP contribution in [0.4, 0.5) is 5.95 Å². The summed E-state index contributed by atoms with van der Waals surface area (Å²) in [5.74, 6) is 1.32. The predicted molar refractivity (Wildman–Crippen MR) is 149 cm³/mol. The highest BCUT2D eigenvalue weighted by molar-refractivity contribution is 5.78. The standard InChI is InChI=1S/C30H40N6O/c1-20-12-13-24(19-21(20)2)25-14-16-32-29(25)22(3)35-17-8-7-11-28(35)34-30-33-26-9-5-6-10-27(26)36(30)23(4)37-18-15-31/h5-6,9-10,12-13,19,22-23,25,28-29,32H,7-8,11,14,16-18H2,1-4H3,(H,33,34). The zero-order valence-corrected chi connectivity index (χ0v) is 22.6. The molecule has 3 aromatic rings. The third-order valence-electron chi connectivity index (χ3n) is 8.46. The number of anilines is 1. The first-order valence-corrected chi connectivity index (χ1v) is 13.8. The Morgan fingerprint density at radius 3 is 2.78 bits per heavy atom. The van der Waals surface area contributed by atoms with Crippen molar-refractivity contribution < 1.29 is 4.74 Å². The van der Waals surface area contributed by atoms with E-state index in [9.17, 15) is 0 Å². The number of hydrogen-bond donors (Lipinski definition) is 2. The van der Waals surface area contributed by atoms with Crippen LogP contribution in [0.25, 0.3) is 11.0 Å². The highest BCUT2D eigenvalue weighted by Crippen LogP contribution is 2.35. The molecule has 5 atom stereocenters. The van der Waals surface area contributed by atoms with Gasteiger partial charge in [0.1, 0.15) is 12.8 Å². The fourth-order valence-electron chi connectivity index (χ4n) is 6.30. The first-order valence-electron chi connectivity index (χ1n) is 13.8. The number of piperidine rings is 1. The molecule has 2 aliphatic heterocycles. The molecule has 2 aliphatic rings. The van der Waals surface area contributed by atoms with Gasteiger partial charge in [0.15, 0.2) is 0 Å². The number of rotatable bonds is 8. The van der Waals surface area contributed by atoms with Gasteiger partial charge in [-0.2, -0.15) is 5.26 Å². The molecule has 2 N–H and O–H groups in total. The van der Waals surface area contributed by atoms with Crippen LogP contribution in [-0.4, -0.2) is 52.4 Å². The van der Waals surface area contributed by atoms with Gasteiger partial charge < -0.3 is 15.4 Å². The molecule has 0 saturated carbocycles. The normalized spacial score (nSPS) is 24.1. The van der Waals surface area contributed by atoms with Crippen LogP contribution in [0.1, 0.15) is 68.4 Å². The van der Waals surface area contributed by atoms with Crippen molar-refractivity contribution in [3.63, 3.8) is 0 Å². The Hall–Kier alpha value is -2.92. The van der Waals surface area contributed by atoms with Crippen molar-refractivity contribution >= 4 is 17.0 Å². The van der Waals surface area contributed by atoms with Crippen LogP contribution in [0.15, 0.2) is 42.5 Å². The zero-order valence-electron chi connectivity index (χ0n) is 22.6. The van der Waals surface area contributed by atoms with Crippen LogP contribution in [0.2, 0.25) is 0 Å². The molecular weight excluding hydrogens is 460 g/mol. The Labute approximate surface area is 220 Å². The SMILES string of the molecule is Cc1ccc(C2CCNC2C(C)N2CCCCC2Nc2nc3ccccc3n2C(C)OCC#N)cc1C. The van der Waals surface area contributed by atoms with Crippen molar-refractivity contribution in [1.82, 2.24) is 19.8 Å². The van der Waals surface area contributed by atoms with E-state index in [1.165, 1.54) is 36.0 Å². The van der Waals surface area contributed by atoms with Crippen LogP contribution >= 0.6 is 0 Å². The fourth-order valence-corrected chi connectivity index (χ4v) is 6.30. The van der Waals surface area contributed by atoms with Crippen LogP contribution in [0.5, 0.6) is 0 Å². The molecule has 0 bridgehead atoms. The highest BCUT2D eigenvalue weighted by atomic mass is 16.5. The summed E-state index contributed by atoms with van der Waals surface area (Å²) in [7, 11) is 0. The van der Waals surface area contributed by atoms with E-state index in [4.69, 9.17) is 15.0 Å². The maximum Gasteiger partial charge on any atom is 0.207 e. The number of ether oxygens (including phenoxy) is 1. The number of aryl methyl sites for hydroxylation is 2. The molecular formula is C30H40N6O. The van der Waals surface area contributed by atoms with Crippen LogP contribution in [0, 0.1) is 25.2 Å². The molecule has 3 heterocycles. The lowest BCUT2D eigenvalue weighted by atomic mass is 9.86. The van der Waals surface area contributed by atoms with Crippen molar-refractivity contribution in [3.05, 3.63) is 59.2 Å². The smallest absolute Gasteiger partial charge is 0.207 e. The molecule has 2 aromatic carbocycles. The second-order valence-corrected chi connectivity index (χ2v) is 10.7. The van der Waals surface area contributed by atoms with Crippen molar-refractivity contribution in [3.8, 4) is 6.07 Å². The second-order valence-electron chi connectivity index (χ2n) is 10.7. The van der Waals surface area contributed by atoms with Gasteiger partial charge in [-0.25, -0.2) is 4.98 Å². The summed E-state index contributed by atoms with van der Waals surface area (Å²) in [5, 5.41) is 16.7. The molecule has 5 rings (SSSR count). The number of nitrogens with zero attached hydrogens (tertiary/aromatic N) is 4. The van der Waals surface area contributed by atoms with Crippen molar-refractivity contribution in [2.45, 2.75) is 83.8 Å². The van der Waals surface area contributed by atoms with Crippen molar-refractivity contribution in [1.29, 1.82) is 5.26 Å². The molecule has 5 unspecified atom stereocenters. The molecule has 0 aliphatic carbocycles. The number of nitrogens with one attached hydrogen (secondary N) is 2. The lowest BCUT2D eigenvalue weighted by molar-refractivity contribution is 0.0409. The molecule has 37 heavy (non-hydrogen) atoms. The number of imidazole rings is 1. The average molecular weight is 501 g/mol. The topological polar surface area (TPSA) is 78.1 Å². The van der Waals surface area contributed by atoms with Gasteiger partial charge in [-0.15, -0.1) is 0 Å². The van der Waals surface area contributed by atoms with Gasteiger partial charge in [0, 0.05) is 24.5 Å². The van der Waals surface area contributed by atoms with Gasteiger partial charge in [0.25, 0.3) is 0 Å². The Morgan fingerprint density at radius 1 is 1.14 bits per heavy atom. The number of fused-ring (bicyclic) bond motifs is 1. The average Bonchev–Trinajstić information content (AvgIpc) is 3.54. The molecule has 0 radical (unpaired) electrons. The minimum atomic E-state index is -0.297. The van der Waals surface area contributed by atoms with Gasteiger partial charge in [-0.1, -0.05) is 30.3 Å². The van der Waals surface area contributed by atoms with E-state index in [-0.39, 0.29) is 19.0 Å². The molecule has 7 heteroatoms. The second kappa shape index (κ2) is 11.2. The number of para-hydroxylation sites is 2. The summed E-state index contributed by atoms with van der Waals surface area (Å²) in [4.78, 5) is 7.60.